The lowest BCUT2D eigenvalue weighted by molar-refractivity contribution is 0.0398. The smallest absolute Gasteiger partial charge is 0.0730 e. The maximum Gasteiger partial charge on any atom is 0.0730 e. The molecule has 1 aliphatic carbocycles. The predicted octanol–water partition coefficient (Wildman–Crippen LogP) is 3.75. The molecule has 0 amide bonds. The Kier molecular flexibility index (Phi) is 3.11. The van der Waals surface area contributed by atoms with Crippen LogP contribution in [0.2, 0.25) is 0 Å². The molecule has 2 rings (SSSR count). The van der Waals surface area contributed by atoms with Crippen LogP contribution in [-0.2, 0) is 4.74 Å². The molecule has 1 aliphatic rings. The molecule has 0 heterocycles. The Hall–Kier alpha value is -0.820. The van der Waals surface area contributed by atoms with Gasteiger partial charge in [0.15, 0.2) is 0 Å². The quantitative estimate of drug-likeness (QED) is 0.664. The summed E-state index contributed by atoms with van der Waals surface area (Å²) in [6, 6.07) is 10.7. The van der Waals surface area contributed by atoms with Gasteiger partial charge in [-0.1, -0.05) is 43.7 Å². The zero-order chi connectivity index (χ0) is 10.7. The van der Waals surface area contributed by atoms with Crippen LogP contribution < -0.4 is 0 Å². The van der Waals surface area contributed by atoms with Crippen molar-refractivity contribution in [1.82, 2.24) is 0 Å². The minimum absolute atomic E-state index is 0.122. The highest BCUT2D eigenvalue weighted by Crippen LogP contribution is 2.53. The van der Waals surface area contributed by atoms with Gasteiger partial charge in [-0.2, -0.15) is 0 Å². The fraction of sp³-hybridized carbons (Fsp3) is 0.571. The van der Waals surface area contributed by atoms with Crippen LogP contribution >= 0.6 is 0 Å². The Morgan fingerprint density at radius 1 is 1.33 bits per heavy atom. The summed E-state index contributed by atoms with van der Waals surface area (Å²) in [6.07, 6.45) is 3.57. The highest BCUT2D eigenvalue weighted by Gasteiger charge is 2.51. The van der Waals surface area contributed by atoms with Crippen molar-refractivity contribution < 1.29 is 4.74 Å². The van der Waals surface area contributed by atoms with Gasteiger partial charge < -0.3 is 4.74 Å². The van der Waals surface area contributed by atoms with Crippen LogP contribution in [0.15, 0.2) is 30.3 Å². The second-order valence-corrected chi connectivity index (χ2v) is 4.68. The maximum absolute atomic E-state index is 5.95. The number of hydrogen-bond acceptors (Lipinski definition) is 1. The van der Waals surface area contributed by atoms with Gasteiger partial charge in [-0.25, -0.2) is 0 Å². The molecule has 0 saturated heterocycles. The molecule has 1 aromatic carbocycles. The molecule has 1 heteroatoms. The van der Waals surface area contributed by atoms with Gasteiger partial charge in [-0.05, 0) is 25.3 Å². The van der Waals surface area contributed by atoms with Crippen molar-refractivity contribution in [2.24, 2.45) is 0 Å². The summed E-state index contributed by atoms with van der Waals surface area (Å²) in [4.78, 5) is 0. The molecule has 0 radical (unpaired) electrons. The fourth-order valence-electron chi connectivity index (χ4n) is 2.11. The first-order valence-electron chi connectivity index (χ1n) is 5.95. The van der Waals surface area contributed by atoms with Crippen LogP contribution in [0.4, 0.5) is 0 Å². The van der Waals surface area contributed by atoms with E-state index >= 15 is 0 Å². The molecule has 0 bridgehead atoms. The van der Waals surface area contributed by atoms with Crippen LogP contribution in [0.25, 0.3) is 0 Å². The molecule has 15 heavy (non-hydrogen) atoms. The maximum atomic E-state index is 5.95. The molecular formula is C14H20O. The van der Waals surface area contributed by atoms with E-state index in [2.05, 4.69) is 44.2 Å². The summed E-state index contributed by atoms with van der Waals surface area (Å²) < 4.78 is 5.95. The van der Waals surface area contributed by atoms with E-state index in [4.69, 9.17) is 4.74 Å². The fourth-order valence-corrected chi connectivity index (χ4v) is 2.11. The molecule has 1 aromatic rings. The normalized spacial score (nSPS) is 29.1. The molecule has 0 unspecified atom stereocenters. The molecule has 0 spiro atoms. The van der Waals surface area contributed by atoms with Gasteiger partial charge in [-0.3, -0.25) is 0 Å². The molecule has 0 aliphatic heterocycles. The lowest BCUT2D eigenvalue weighted by atomic mass is 10.1. The third kappa shape index (κ3) is 2.40. The van der Waals surface area contributed by atoms with Gasteiger partial charge in [0, 0.05) is 12.5 Å². The van der Waals surface area contributed by atoms with E-state index in [-0.39, 0.29) is 5.60 Å². The Balaban J connectivity index is 1.89. The molecule has 1 saturated carbocycles. The van der Waals surface area contributed by atoms with Crippen molar-refractivity contribution in [2.45, 2.75) is 44.6 Å². The van der Waals surface area contributed by atoms with Crippen molar-refractivity contribution >= 4 is 0 Å². The Labute approximate surface area is 92.5 Å². The first kappa shape index (κ1) is 10.7. The van der Waals surface area contributed by atoms with E-state index in [1.165, 1.54) is 24.8 Å². The van der Waals surface area contributed by atoms with E-state index in [0.29, 0.717) is 5.92 Å². The van der Waals surface area contributed by atoms with E-state index in [0.717, 1.165) is 6.61 Å². The highest BCUT2D eigenvalue weighted by atomic mass is 16.5. The Morgan fingerprint density at radius 3 is 2.73 bits per heavy atom. The lowest BCUT2D eigenvalue weighted by Gasteiger charge is -2.12. The zero-order valence-corrected chi connectivity index (χ0v) is 9.70. The van der Waals surface area contributed by atoms with Crippen LogP contribution in [-0.4, -0.2) is 12.2 Å². The molecule has 0 N–H and O–H groups in total. The average Bonchev–Trinajstić information content (AvgIpc) is 2.93. The lowest BCUT2D eigenvalue weighted by Crippen LogP contribution is -2.12. The largest absolute Gasteiger partial charge is 0.375 e. The second kappa shape index (κ2) is 4.36. The molecule has 82 valence electrons. The standard InChI is InChI=1S/C14H20O/c1-3-4-10-15-14(2)11-13(14)12-8-6-5-7-9-12/h5-9,13H,3-4,10-11H2,1-2H3/t13-,14+/m0/s1. The molecule has 1 nitrogen and oxygen atoms in total. The summed E-state index contributed by atoms with van der Waals surface area (Å²) in [5.41, 5.74) is 1.55. The van der Waals surface area contributed by atoms with E-state index < -0.39 is 0 Å². The third-order valence-electron chi connectivity index (χ3n) is 3.32. The van der Waals surface area contributed by atoms with Gasteiger partial charge in [-0.15, -0.1) is 0 Å². The van der Waals surface area contributed by atoms with Gasteiger partial charge in [0.2, 0.25) is 0 Å². The number of hydrogen-bond donors (Lipinski definition) is 0. The van der Waals surface area contributed by atoms with Crippen molar-refractivity contribution in [1.29, 1.82) is 0 Å². The van der Waals surface area contributed by atoms with E-state index in [1.54, 1.807) is 0 Å². The van der Waals surface area contributed by atoms with E-state index in [1.807, 2.05) is 0 Å². The predicted molar refractivity (Wildman–Crippen MR) is 63.1 cm³/mol. The molecular weight excluding hydrogens is 184 g/mol. The van der Waals surface area contributed by atoms with Crippen molar-refractivity contribution in [3.63, 3.8) is 0 Å². The van der Waals surface area contributed by atoms with Crippen LogP contribution in [0.3, 0.4) is 0 Å². The van der Waals surface area contributed by atoms with Gasteiger partial charge in [0.25, 0.3) is 0 Å². The van der Waals surface area contributed by atoms with Gasteiger partial charge in [0.1, 0.15) is 0 Å². The first-order chi connectivity index (χ1) is 7.26. The summed E-state index contributed by atoms with van der Waals surface area (Å²) in [6.45, 7) is 5.35. The number of rotatable bonds is 5. The summed E-state index contributed by atoms with van der Waals surface area (Å²) >= 11 is 0. The minimum Gasteiger partial charge on any atom is -0.375 e. The van der Waals surface area contributed by atoms with Crippen molar-refractivity contribution in [3.05, 3.63) is 35.9 Å². The SMILES string of the molecule is CCCCO[C@]1(C)C[C@H]1c1ccccc1. The monoisotopic (exact) mass is 204 g/mol. The molecule has 1 fully saturated rings. The number of benzene rings is 1. The topological polar surface area (TPSA) is 9.23 Å². The van der Waals surface area contributed by atoms with Crippen LogP contribution in [0.5, 0.6) is 0 Å². The van der Waals surface area contributed by atoms with Gasteiger partial charge >= 0.3 is 0 Å². The van der Waals surface area contributed by atoms with Gasteiger partial charge in [0.05, 0.1) is 5.60 Å². The Bertz CT molecular complexity index is 306. The van der Waals surface area contributed by atoms with Crippen molar-refractivity contribution in [3.8, 4) is 0 Å². The molecule has 2 atom stereocenters. The zero-order valence-electron chi connectivity index (χ0n) is 9.70. The van der Waals surface area contributed by atoms with Crippen LogP contribution in [0, 0.1) is 0 Å². The molecule has 0 aromatic heterocycles. The average molecular weight is 204 g/mol. The Morgan fingerprint density at radius 2 is 2.07 bits per heavy atom. The number of unbranched alkanes of at least 4 members (excludes halogenated alkanes) is 1. The summed E-state index contributed by atoms with van der Waals surface area (Å²) in [5.74, 6) is 0.621. The summed E-state index contributed by atoms with van der Waals surface area (Å²) in [5, 5.41) is 0. The summed E-state index contributed by atoms with van der Waals surface area (Å²) in [7, 11) is 0. The third-order valence-corrected chi connectivity index (χ3v) is 3.32. The number of ether oxygens (including phenoxy) is 1. The first-order valence-corrected chi connectivity index (χ1v) is 5.95. The highest BCUT2D eigenvalue weighted by molar-refractivity contribution is 5.30. The minimum atomic E-state index is 0.122. The van der Waals surface area contributed by atoms with E-state index in [9.17, 15) is 0 Å². The van der Waals surface area contributed by atoms with Crippen molar-refractivity contribution in [2.75, 3.05) is 6.61 Å². The van der Waals surface area contributed by atoms with Crippen LogP contribution in [0.1, 0.15) is 44.6 Å². The second-order valence-electron chi connectivity index (χ2n) is 4.68.